The lowest BCUT2D eigenvalue weighted by molar-refractivity contribution is -0.135. The Morgan fingerprint density at radius 3 is 2.74 bits per heavy atom. The van der Waals surface area contributed by atoms with Gasteiger partial charge in [0.25, 0.3) is 5.91 Å². The molecule has 0 aliphatic carbocycles. The van der Waals surface area contributed by atoms with Crippen molar-refractivity contribution in [3.05, 3.63) is 70.4 Å². The number of benzene rings is 2. The molecule has 2 aromatic rings. The van der Waals surface area contributed by atoms with Gasteiger partial charge in [-0.25, -0.2) is 9.18 Å². The molecule has 0 aromatic heterocycles. The molecule has 1 aliphatic heterocycles. The van der Waals surface area contributed by atoms with Gasteiger partial charge in [0.1, 0.15) is 12.4 Å². The molecule has 160 valence electrons. The van der Waals surface area contributed by atoms with Crippen LogP contribution >= 0.6 is 11.8 Å². The molecular weight excluding hydrogens is 425 g/mol. The highest BCUT2D eigenvalue weighted by Gasteiger charge is 2.25. The highest BCUT2D eigenvalue weighted by atomic mass is 32.2. The van der Waals surface area contributed by atoms with E-state index in [4.69, 9.17) is 9.47 Å². The van der Waals surface area contributed by atoms with Crippen LogP contribution in [0.25, 0.3) is 0 Å². The number of hydrogen-bond donors (Lipinski definition) is 1. The van der Waals surface area contributed by atoms with Gasteiger partial charge in [-0.3, -0.25) is 10.1 Å². The summed E-state index contributed by atoms with van der Waals surface area (Å²) in [5.74, 6) is -0.557. The highest BCUT2D eigenvalue weighted by Crippen LogP contribution is 2.29. The molecule has 1 aliphatic rings. The number of nitrogens with zero attached hydrogens (tertiary/aromatic N) is 2. The van der Waals surface area contributed by atoms with Crippen molar-refractivity contribution in [2.45, 2.75) is 6.61 Å². The summed E-state index contributed by atoms with van der Waals surface area (Å²) in [4.78, 5) is 23.2. The van der Waals surface area contributed by atoms with Crippen molar-refractivity contribution in [1.29, 1.82) is 0 Å². The van der Waals surface area contributed by atoms with E-state index in [2.05, 4.69) is 20.3 Å². The number of nitrogens with one attached hydrogen (secondary N) is 1. The van der Waals surface area contributed by atoms with Crippen LogP contribution in [0.1, 0.15) is 11.1 Å². The van der Waals surface area contributed by atoms with Crippen molar-refractivity contribution in [2.24, 2.45) is 10.2 Å². The fraction of sp³-hybridized carbons (Fsp3) is 0.143. The molecule has 0 saturated carbocycles. The summed E-state index contributed by atoms with van der Waals surface area (Å²) < 4.78 is 29.3. The van der Waals surface area contributed by atoms with Gasteiger partial charge in [-0.2, -0.15) is 5.10 Å². The van der Waals surface area contributed by atoms with Crippen LogP contribution in [0.5, 0.6) is 11.5 Å². The first-order chi connectivity index (χ1) is 15.0. The highest BCUT2D eigenvalue weighted by molar-refractivity contribution is 8.18. The second-order valence-corrected chi connectivity index (χ2v) is 7.06. The summed E-state index contributed by atoms with van der Waals surface area (Å²) in [5.41, 5.74) is 1.06. The van der Waals surface area contributed by atoms with Gasteiger partial charge in [-0.1, -0.05) is 18.2 Å². The second kappa shape index (κ2) is 10.4. The van der Waals surface area contributed by atoms with Crippen molar-refractivity contribution in [2.75, 3.05) is 14.2 Å². The molecule has 1 saturated heterocycles. The Morgan fingerprint density at radius 1 is 1.19 bits per heavy atom. The fourth-order valence-corrected chi connectivity index (χ4v) is 3.19. The van der Waals surface area contributed by atoms with Crippen molar-refractivity contribution in [3.8, 4) is 11.5 Å². The van der Waals surface area contributed by atoms with Gasteiger partial charge < -0.3 is 14.2 Å². The maximum Gasteiger partial charge on any atom is 0.331 e. The van der Waals surface area contributed by atoms with Crippen LogP contribution in [-0.4, -0.2) is 37.5 Å². The lowest BCUT2D eigenvalue weighted by Gasteiger charge is -2.11. The summed E-state index contributed by atoms with van der Waals surface area (Å²) in [6, 6.07) is 11.4. The monoisotopic (exact) mass is 443 g/mol. The van der Waals surface area contributed by atoms with E-state index in [1.54, 1.807) is 36.4 Å². The van der Waals surface area contributed by atoms with E-state index < -0.39 is 11.9 Å². The quantitative estimate of drug-likeness (QED) is 0.306. The van der Waals surface area contributed by atoms with Gasteiger partial charge in [-0.05, 0) is 41.6 Å². The lowest BCUT2D eigenvalue weighted by Crippen LogP contribution is -2.19. The van der Waals surface area contributed by atoms with Crippen LogP contribution in [0.2, 0.25) is 0 Å². The molecule has 0 atom stereocenters. The Balaban J connectivity index is 1.70. The maximum atomic E-state index is 13.8. The predicted octanol–water partition coefficient (Wildman–Crippen LogP) is 3.02. The third-order valence-electron chi connectivity index (χ3n) is 3.99. The first-order valence-electron chi connectivity index (χ1n) is 8.94. The van der Waals surface area contributed by atoms with Crippen LogP contribution < -0.4 is 14.8 Å². The molecule has 0 bridgehead atoms. The van der Waals surface area contributed by atoms with E-state index in [-0.39, 0.29) is 22.5 Å². The van der Waals surface area contributed by atoms with Gasteiger partial charge in [-0.15, -0.1) is 5.10 Å². The van der Waals surface area contributed by atoms with Gasteiger partial charge in [0.05, 0.1) is 25.3 Å². The summed E-state index contributed by atoms with van der Waals surface area (Å²) >= 11 is 0.970. The Hall–Kier alpha value is -3.66. The number of thioether (sulfide) groups is 1. The minimum atomic E-state index is -0.636. The van der Waals surface area contributed by atoms with Crippen LogP contribution in [0.3, 0.4) is 0 Å². The van der Waals surface area contributed by atoms with E-state index in [0.717, 1.165) is 17.8 Å². The van der Waals surface area contributed by atoms with Crippen LogP contribution in [-0.2, 0) is 20.9 Å². The molecule has 1 heterocycles. The number of halogens is 1. The smallest absolute Gasteiger partial charge is 0.331 e. The zero-order valence-corrected chi connectivity index (χ0v) is 17.4. The molecule has 1 N–H and O–H groups in total. The van der Waals surface area contributed by atoms with E-state index in [1.807, 2.05) is 0 Å². The molecular formula is C21H18FN3O5S. The fourth-order valence-electron chi connectivity index (χ4n) is 2.45. The molecule has 8 nitrogen and oxygen atoms in total. The molecule has 0 spiro atoms. The summed E-state index contributed by atoms with van der Waals surface area (Å²) in [5, 5.41) is 10.6. The summed E-state index contributed by atoms with van der Waals surface area (Å²) in [6.07, 6.45) is 2.53. The number of carbonyl (C=O) groups excluding carboxylic acids is 2. The molecule has 2 aromatic carbocycles. The summed E-state index contributed by atoms with van der Waals surface area (Å²) in [7, 11) is 2.73. The standard InChI is InChI=1S/C21H18FN3O5S/c1-28-16-8-7-13(9-17(16)30-12-14-5-3-4-6-15(14)22)11-23-25-21-24-20(27)18(31-21)10-19(26)29-2/h3-11H,12H2,1-2H3,(H,24,25,27)/b18-10+,23-11?. The molecule has 31 heavy (non-hydrogen) atoms. The van der Waals surface area contributed by atoms with Crippen molar-refractivity contribution < 1.29 is 28.2 Å². The third-order valence-corrected chi connectivity index (χ3v) is 4.89. The molecule has 0 unspecified atom stereocenters. The average Bonchev–Trinajstić information content (AvgIpc) is 3.12. The zero-order valence-electron chi connectivity index (χ0n) is 16.6. The van der Waals surface area contributed by atoms with Crippen molar-refractivity contribution >= 4 is 35.0 Å². The van der Waals surface area contributed by atoms with Gasteiger partial charge in [0.2, 0.25) is 0 Å². The van der Waals surface area contributed by atoms with Crippen LogP contribution in [0.4, 0.5) is 4.39 Å². The average molecular weight is 443 g/mol. The van der Waals surface area contributed by atoms with E-state index in [9.17, 15) is 14.0 Å². The van der Waals surface area contributed by atoms with Gasteiger partial charge in [0.15, 0.2) is 16.7 Å². The van der Waals surface area contributed by atoms with E-state index >= 15 is 0 Å². The number of methoxy groups -OCH3 is 2. The number of rotatable bonds is 7. The van der Waals surface area contributed by atoms with Crippen LogP contribution in [0.15, 0.2) is 63.6 Å². The topological polar surface area (TPSA) is 98.6 Å². The van der Waals surface area contributed by atoms with Crippen LogP contribution in [0, 0.1) is 5.82 Å². The SMILES string of the molecule is COC(=O)/C=C1/S/C(=N\N=Cc2ccc(OC)c(OCc3ccccc3F)c2)NC1=O. The van der Waals surface area contributed by atoms with E-state index in [0.29, 0.717) is 22.6 Å². The zero-order chi connectivity index (χ0) is 22.2. The minimum Gasteiger partial charge on any atom is -0.493 e. The summed E-state index contributed by atoms with van der Waals surface area (Å²) in [6.45, 7) is 0.0317. The Labute approximate surface area is 181 Å². The normalized spacial score (nSPS) is 16.0. The first kappa shape index (κ1) is 22.0. The van der Waals surface area contributed by atoms with Crippen molar-refractivity contribution in [3.63, 3.8) is 0 Å². The molecule has 10 heteroatoms. The molecule has 3 rings (SSSR count). The number of ether oxygens (including phenoxy) is 3. The Bertz CT molecular complexity index is 1080. The molecule has 0 radical (unpaired) electrons. The Morgan fingerprint density at radius 2 is 2.00 bits per heavy atom. The van der Waals surface area contributed by atoms with Gasteiger partial charge in [0, 0.05) is 11.6 Å². The Kier molecular flexibility index (Phi) is 7.39. The number of hydrogen-bond acceptors (Lipinski definition) is 8. The minimum absolute atomic E-state index is 0.0317. The van der Waals surface area contributed by atoms with E-state index in [1.165, 1.54) is 26.5 Å². The van der Waals surface area contributed by atoms with Crippen molar-refractivity contribution in [1.82, 2.24) is 5.32 Å². The molecule has 1 amide bonds. The number of amidine groups is 1. The molecule has 1 fully saturated rings. The second-order valence-electron chi connectivity index (χ2n) is 6.03. The predicted molar refractivity (Wildman–Crippen MR) is 115 cm³/mol. The third kappa shape index (κ3) is 5.92. The number of esters is 1. The first-order valence-corrected chi connectivity index (χ1v) is 9.76. The number of amides is 1. The lowest BCUT2D eigenvalue weighted by atomic mass is 10.2. The van der Waals surface area contributed by atoms with Gasteiger partial charge >= 0.3 is 5.97 Å². The maximum absolute atomic E-state index is 13.8. The number of carbonyl (C=O) groups is 2. The largest absolute Gasteiger partial charge is 0.493 e.